The van der Waals surface area contributed by atoms with Crippen molar-refractivity contribution in [3.8, 4) is 0 Å². The van der Waals surface area contributed by atoms with Crippen LogP contribution in [0, 0.1) is 5.92 Å². The van der Waals surface area contributed by atoms with E-state index in [-0.39, 0.29) is 5.91 Å². The Morgan fingerprint density at radius 3 is 2.18 bits per heavy atom. The van der Waals surface area contributed by atoms with Crippen LogP contribution < -0.4 is 4.90 Å². The van der Waals surface area contributed by atoms with Crippen molar-refractivity contribution in [3.05, 3.63) is 24.3 Å². The van der Waals surface area contributed by atoms with Crippen LogP contribution in [0.2, 0.25) is 0 Å². The standard InChI is InChI=1S/C16H24N2O3S/c1-17(2)16(19)12-13-8-10-18(11-9-13)14-4-6-15(7-5-14)22(3,20)21/h4-7,13H,8-12H2,1-3H3. The SMILES string of the molecule is CN(C)C(=O)CC1CCN(c2ccc(S(C)(=O)=O)cc2)CC1. The predicted octanol–water partition coefficient (Wildman–Crippen LogP) is 1.78. The molecule has 6 heteroatoms. The molecule has 0 aliphatic carbocycles. The highest BCUT2D eigenvalue weighted by Crippen LogP contribution is 2.26. The van der Waals surface area contributed by atoms with Crippen LogP contribution in [0.1, 0.15) is 19.3 Å². The number of carbonyl (C=O) groups excluding carboxylic acids is 1. The fraction of sp³-hybridized carbons (Fsp3) is 0.562. The van der Waals surface area contributed by atoms with Gasteiger partial charge < -0.3 is 9.80 Å². The van der Waals surface area contributed by atoms with Crippen molar-refractivity contribution in [2.45, 2.75) is 24.2 Å². The van der Waals surface area contributed by atoms with Gasteiger partial charge in [-0.1, -0.05) is 0 Å². The lowest BCUT2D eigenvalue weighted by Crippen LogP contribution is -2.35. The van der Waals surface area contributed by atoms with E-state index in [0.717, 1.165) is 31.6 Å². The Balaban J connectivity index is 1.93. The lowest BCUT2D eigenvalue weighted by molar-refractivity contribution is -0.129. The first-order valence-electron chi connectivity index (χ1n) is 7.52. The van der Waals surface area contributed by atoms with Gasteiger partial charge in [0, 0.05) is 45.5 Å². The van der Waals surface area contributed by atoms with Crippen LogP contribution in [0.5, 0.6) is 0 Å². The molecule has 1 aliphatic heterocycles. The maximum absolute atomic E-state index is 11.7. The van der Waals surface area contributed by atoms with E-state index >= 15 is 0 Å². The summed E-state index contributed by atoms with van der Waals surface area (Å²) in [6.45, 7) is 1.81. The Bertz CT molecular complexity index is 615. The maximum Gasteiger partial charge on any atom is 0.222 e. The molecule has 1 aliphatic rings. The molecule has 0 N–H and O–H groups in total. The fourth-order valence-electron chi connectivity index (χ4n) is 2.73. The van der Waals surface area contributed by atoms with Crippen LogP contribution in [0.3, 0.4) is 0 Å². The van der Waals surface area contributed by atoms with Crippen LogP contribution in [-0.4, -0.2) is 52.7 Å². The molecule has 1 saturated heterocycles. The number of nitrogens with zero attached hydrogens (tertiary/aromatic N) is 2. The first-order chi connectivity index (χ1) is 10.3. The second-order valence-electron chi connectivity index (χ2n) is 6.19. The van der Waals surface area contributed by atoms with Crippen LogP contribution in [0.25, 0.3) is 0 Å². The molecule has 0 bridgehead atoms. The van der Waals surface area contributed by atoms with Crippen LogP contribution in [0.4, 0.5) is 5.69 Å². The molecule has 0 aromatic heterocycles. The van der Waals surface area contributed by atoms with Gasteiger partial charge in [0.05, 0.1) is 4.90 Å². The van der Waals surface area contributed by atoms with Crippen molar-refractivity contribution < 1.29 is 13.2 Å². The minimum atomic E-state index is -3.14. The lowest BCUT2D eigenvalue weighted by atomic mass is 9.93. The molecule has 0 spiro atoms. The van der Waals surface area contributed by atoms with E-state index in [1.807, 2.05) is 12.1 Å². The van der Waals surface area contributed by atoms with Gasteiger partial charge >= 0.3 is 0 Å². The maximum atomic E-state index is 11.7. The van der Waals surface area contributed by atoms with Gasteiger partial charge in [-0.3, -0.25) is 4.79 Å². The van der Waals surface area contributed by atoms with Crippen molar-refractivity contribution in [1.29, 1.82) is 0 Å². The molecule has 0 radical (unpaired) electrons. The zero-order valence-corrected chi connectivity index (χ0v) is 14.3. The smallest absolute Gasteiger partial charge is 0.222 e. The molecule has 0 unspecified atom stereocenters. The average molecular weight is 324 g/mol. The van der Waals surface area contributed by atoms with E-state index < -0.39 is 9.84 Å². The monoisotopic (exact) mass is 324 g/mol. The van der Waals surface area contributed by atoms with Crippen molar-refractivity contribution in [2.75, 3.05) is 38.3 Å². The van der Waals surface area contributed by atoms with Gasteiger partial charge in [-0.15, -0.1) is 0 Å². The van der Waals surface area contributed by atoms with E-state index in [2.05, 4.69) is 4.90 Å². The van der Waals surface area contributed by atoms with Gasteiger partial charge in [0.15, 0.2) is 9.84 Å². The Kier molecular flexibility index (Phi) is 5.11. The van der Waals surface area contributed by atoms with Crippen LogP contribution in [0.15, 0.2) is 29.2 Å². The molecule has 122 valence electrons. The Hall–Kier alpha value is -1.56. The highest BCUT2D eigenvalue weighted by molar-refractivity contribution is 7.90. The molecule has 1 aromatic rings. The number of benzene rings is 1. The van der Waals surface area contributed by atoms with Gasteiger partial charge in [-0.25, -0.2) is 8.42 Å². The van der Waals surface area contributed by atoms with E-state index in [1.165, 1.54) is 6.26 Å². The molecule has 22 heavy (non-hydrogen) atoms. The summed E-state index contributed by atoms with van der Waals surface area (Å²) >= 11 is 0. The Morgan fingerprint density at radius 2 is 1.73 bits per heavy atom. The fourth-order valence-corrected chi connectivity index (χ4v) is 3.36. The minimum absolute atomic E-state index is 0.191. The summed E-state index contributed by atoms with van der Waals surface area (Å²) in [5.74, 6) is 0.636. The van der Waals surface area contributed by atoms with Crippen molar-refractivity contribution >= 4 is 21.4 Å². The number of hydrogen-bond donors (Lipinski definition) is 0. The second kappa shape index (κ2) is 6.69. The molecular formula is C16H24N2O3S. The summed E-state index contributed by atoms with van der Waals surface area (Å²) in [4.78, 5) is 16.0. The van der Waals surface area contributed by atoms with Crippen LogP contribution >= 0.6 is 0 Å². The van der Waals surface area contributed by atoms with Gasteiger partial charge in [-0.2, -0.15) is 0 Å². The second-order valence-corrected chi connectivity index (χ2v) is 8.20. The molecule has 0 atom stereocenters. The Labute approximate surface area is 132 Å². The number of hydrogen-bond acceptors (Lipinski definition) is 4. The predicted molar refractivity (Wildman–Crippen MR) is 87.8 cm³/mol. The molecule has 1 fully saturated rings. The Morgan fingerprint density at radius 1 is 1.18 bits per heavy atom. The minimum Gasteiger partial charge on any atom is -0.372 e. The molecule has 1 heterocycles. The largest absolute Gasteiger partial charge is 0.372 e. The summed E-state index contributed by atoms with van der Waals surface area (Å²) in [6, 6.07) is 7.04. The van der Waals surface area contributed by atoms with E-state index in [0.29, 0.717) is 17.2 Å². The lowest BCUT2D eigenvalue weighted by Gasteiger charge is -2.33. The zero-order chi connectivity index (χ0) is 16.3. The van der Waals surface area contributed by atoms with E-state index in [1.54, 1.807) is 31.1 Å². The third-order valence-corrected chi connectivity index (χ3v) is 5.34. The summed E-state index contributed by atoms with van der Waals surface area (Å²) in [6.07, 6.45) is 3.82. The third-order valence-electron chi connectivity index (χ3n) is 4.21. The van der Waals surface area contributed by atoms with Crippen molar-refractivity contribution in [2.24, 2.45) is 5.92 Å². The molecule has 5 nitrogen and oxygen atoms in total. The molecule has 1 amide bonds. The normalized spacial score (nSPS) is 16.6. The molecular weight excluding hydrogens is 300 g/mol. The number of rotatable bonds is 4. The van der Waals surface area contributed by atoms with Crippen LogP contribution in [-0.2, 0) is 14.6 Å². The number of piperidine rings is 1. The summed E-state index contributed by atoms with van der Waals surface area (Å²) in [5, 5.41) is 0. The van der Waals surface area contributed by atoms with Crippen molar-refractivity contribution in [1.82, 2.24) is 4.90 Å². The quantitative estimate of drug-likeness (QED) is 0.847. The van der Waals surface area contributed by atoms with Crippen molar-refractivity contribution in [3.63, 3.8) is 0 Å². The number of anilines is 1. The molecule has 2 rings (SSSR count). The first kappa shape index (κ1) is 16.8. The van der Waals surface area contributed by atoms with Gasteiger partial charge in [-0.05, 0) is 43.0 Å². The van der Waals surface area contributed by atoms with E-state index in [4.69, 9.17) is 0 Å². The number of sulfone groups is 1. The van der Waals surface area contributed by atoms with Gasteiger partial charge in [0.25, 0.3) is 0 Å². The highest BCUT2D eigenvalue weighted by atomic mass is 32.2. The number of carbonyl (C=O) groups is 1. The highest BCUT2D eigenvalue weighted by Gasteiger charge is 2.22. The zero-order valence-electron chi connectivity index (χ0n) is 13.4. The third kappa shape index (κ3) is 4.22. The topological polar surface area (TPSA) is 57.7 Å². The first-order valence-corrected chi connectivity index (χ1v) is 9.42. The van der Waals surface area contributed by atoms with Gasteiger partial charge in [0.1, 0.15) is 0 Å². The summed E-state index contributed by atoms with van der Waals surface area (Å²) < 4.78 is 22.9. The summed E-state index contributed by atoms with van der Waals surface area (Å²) in [7, 11) is 0.444. The summed E-state index contributed by atoms with van der Waals surface area (Å²) in [5.41, 5.74) is 1.05. The molecule has 1 aromatic carbocycles. The van der Waals surface area contributed by atoms with Gasteiger partial charge in [0.2, 0.25) is 5.91 Å². The molecule has 0 saturated carbocycles. The number of amides is 1. The van der Waals surface area contributed by atoms with E-state index in [9.17, 15) is 13.2 Å². The average Bonchev–Trinajstić information content (AvgIpc) is 2.47.